The second-order valence-corrected chi connectivity index (χ2v) is 4.19. The van der Waals surface area contributed by atoms with Crippen LogP contribution in [0, 0.1) is 5.41 Å². The number of carbonyl (C=O) groups excluding carboxylic acids is 1. The summed E-state index contributed by atoms with van der Waals surface area (Å²) in [5.74, 6) is -0.397. The van der Waals surface area contributed by atoms with E-state index in [9.17, 15) is 4.79 Å². The monoisotopic (exact) mass is 221 g/mol. The quantitative estimate of drug-likeness (QED) is 0.724. The average molecular weight is 221 g/mol. The van der Waals surface area contributed by atoms with Crippen LogP contribution in [0.5, 0.6) is 0 Å². The highest BCUT2D eigenvalue weighted by molar-refractivity contribution is 5.81. The number of benzene rings is 1. The van der Waals surface area contributed by atoms with Crippen LogP contribution in [0.15, 0.2) is 30.3 Å². The van der Waals surface area contributed by atoms with Gasteiger partial charge in [-0.05, 0) is 12.0 Å². The molecule has 0 amide bonds. The topological polar surface area (TPSA) is 72.5 Å². The Balaban J connectivity index is 1.90. The molecule has 16 heavy (non-hydrogen) atoms. The second kappa shape index (κ2) is 4.23. The van der Waals surface area contributed by atoms with E-state index in [1.54, 1.807) is 0 Å². The lowest BCUT2D eigenvalue weighted by Gasteiger charge is -2.12. The van der Waals surface area contributed by atoms with E-state index in [4.69, 9.17) is 15.6 Å². The van der Waals surface area contributed by atoms with Gasteiger partial charge in [-0.25, -0.2) is 0 Å². The Bertz CT molecular complexity index is 375. The van der Waals surface area contributed by atoms with Gasteiger partial charge in [0.05, 0.1) is 6.61 Å². The van der Waals surface area contributed by atoms with E-state index in [1.165, 1.54) is 0 Å². The number of hydrogen-bond acceptors (Lipinski definition) is 4. The molecule has 1 fully saturated rings. The molecule has 2 unspecified atom stereocenters. The number of hydrogen-bond donors (Lipinski definition) is 2. The summed E-state index contributed by atoms with van der Waals surface area (Å²) in [7, 11) is 0. The molecule has 86 valence electrons. The summed E-state index contributed by atoms with van der Waals surface area (Å²) in [6, 6.07) is 9.16. The minimum atomic E-state index is -0.839. The Morgan fingerprint density at radius 2 is 2.12 bits per heavy atom. The van der Waals surface area contributed by atoms with Gasteiger partial charge in [-0.1, -0.05) is 30.3 Å². The van der Waals surface area contributed by atoms with Crippen molar-refractivity contribution in [1.29, 1.82) is 0 Å². The van der Waals surface area contributed by atoms with Crippen LogP contribution in [0.4, 0.5) is 0 Å². The fourth-order valence-corrected chi connectivity index (χ4v) is 1.68. The van der Waals surface area contributed by atoms with E-state index in [0.717, 1.165) is 5.56 Å². The summed E-state index contributed by atoms with van der Waals surface area (Å²) < 4.78 is 5.14. The van der Waals surface area contributed by atoms with Gasteiger partial charge in [0.2, 0.25) is 0 Å². The standard InChI is InChI=1S/C12H15NO3/c13-10-6-12(10,8-14)11(15)16-7-9-4-2-1-3-5-9/h1-5,10,14H,6-8,13H2. The van der Waals surface area contributed by atoms with Crippen molar-refractivity contribution in [3.05, 3.63) is 35.9 Å². The molecule has 0 saturated heterocycles. The predicted molar refractivity (Wildman–Crippen MR) is 58.3 cm³/mol. The van der Waals surface area contributed by atoms with Crippen LogP contribution in [-0.2, 0) is 16.1 Å². The molecule has 0 aromatic heterocycles. The molecule has 3 N–H and O–H groups in total. The predicted octanol–water partition coefficient (Wildman–Crippen LogP) is 0.439. The van der Waals surface area contributed by atoms with Crippen LogP contribution in [0.3, 0.4) is 0 Å². The molecule has 1 aliphatic rings. The second-order valence-electron chi connectivity index (χ2n) is 4.19. The lowest BCUT2D eigenvalue weighted by molar-refractivity contribution is -0.153. The summed E-state index contributed by atoms with van der Waals surface area (Å²) >= 11 is 0. The summed E-state index contributed by atoms with van der Waals surface area (Å²) in [5, 5.41) is 9.11. The molecule has 1 aliphatic carbocycles. The van der Waals surface area contributed by atoms with Crippen LogP contribution >= 0.6 is 0 Å². The highest BCUT2D eigenvalue weighted by Crippen LogP contribution is 2.45. The van der Waals surface area contributed by atoms with Crippen molar-refractivity contribution < 1.29 is 14.6 Å². The van der Waals surface area contributed by atoms with E-state index < -0.39 is 11.4 Å². The normalized spacial score (nSPS) is 27.5. The molecular weight excluding hydrogens is 206 g/mol. The molecule has 1 aromatic rings. The Hall–Kier alpha value is -1.39. The number of aliphatic hydroxyl groups is 1. The van der Waals surface area contributed by atoms with Gasteiger partial charge < -0.3 is 15.6 Å². The first-order valence-electron chi connectivity index (χ1n) is 5.26. The zero-order chi connectivity index (χ0) is 11.6. The smallest absolute Gasteiger partial charge is 0.316 e. The number of esters is 1. The molecule has 1 aromatic carbocycles. The van der Waals surface area contributed by atoms with Gasteiger partial charge in [-0.2, -0.15) is 0 Å². The molecule has 0 aliphatic heterocycles. The van der Waals surface area contributed by atoms with E-state index >= 15 is 0 Å². The third kappa shape index (κ3) is 1.94. The van der Waals surface area contributed by atoms with Crippen molar-refractivity contribution in [3.8, 4) is 0 Å². The van der Waals surface area contributed by atoms with Crippen molar-refractivity contribution in [2.75, 3.05) is 6.61 Å². The molecule has 1 saturated carbocycles. The zero-order valence-corrected chi connectivity index (χ0v) is 8.93. The largest absolute Gasteiger partial charge is 0.460 e. The highest BCUT2D eigenvalue weighted by Gasteiger charge is 2.59. The molecule has 0 radical (unpaired) electrons. The molecule has 4 nitrogen and oxygen atoms in total. The molecule has 0 bridgehead atoms. The van der Waals surface area contributed by atoms with Crippen LogP contribution in [0.1, 0.15) is 12.0 Å². The van der Waals surface area contributed by atoms with E-state index in [0.29, 0.717) is 6.42 Å². The van der Waals surface area contributed by atoms with Gasteiger partial charge in [-0.15, -0.1) is 0 Å². The van der Waals surface area contributed by atoms with Crippen molar-refractivity contribution in [1.82, 2.24) is 0 Å². The van der Waals surface area contributed by atoms with E-state index in [2.05, 4.69) is 0 Å². The molecular formula is C12H15NO3. The molecule has 2 rings (SSSR count). The Morgan fingerprint density at radius 3 is 2.62 bits per heavy atom. The van der Waals surface area contributed by atoms with Gasteiger partial charge in [0, 0.05) is 6.04 Å². The lowest BCUT2D eigenvalue weighted by Crippen LogP contribution is -2.29. The summed E-state index contributed by atoms with van der Waals surface area (Å²) in [5.41, 5.74) is 5.71. The number of nitrogens with two attached hydrogens (primary N) is 1. The first-order valence-corrected chi connectivity index (χ1v) is 5.26. The first kappa shape index (κ1) is 11.1. The third-order valence-electron chi connectivity index (χ3n) is 3.04. The van der Waals surface area contributed by atoms with Crippen LogP contribution in [0.25, 0.3) is 0 Å². The zero-order valence-electron chi connectivity index (χ0n) is 8.93. The minimum Gasteiger partial charge on any atom is -0.460 e. The van der Waals surface area contributed by atoms with Crippen LogP contribution < -0.4 is 5.73 Å². The van der Waals surface area contributed by atoms with Crippen LogP contribution in [-0.4, -0.2) is 23.7 Å². The van der Waals surface area contributed by atoms with Crippen molar-refractivity contribution in [2.24, 2.45) is 11.1 Å². The number of carbonyl (C=O) groups is 1. The maximum Gasteiger partial charge on any atom is 0.316 e. The summed E-state index contributed by atoms with van der Waals surface area (Å²) in [6.45, 7) is -0.00403. The van der Waals surface area contributed by atoms with Crippen molar-refractivity contribution >= 4 is 5.97 Å². The lowest BCUT2D eigenvalue weighted by atomic mass is 10.1. The van der Waals surface area contributed by atoms with Gasteiger partial charge >= 0.3 is 5.97 Å². The number of aliphatic hydroxyl groups excluding tert-OH is 1. The Kier molecular flexibility index (Phi) is 2.94. The Labute approximate surface area is 94.0 Å². The number of ether oxygens (including phenoxy) is 1. The van der Waals surface area contributed by atoms with Gasteiger partial charge in [0.25, 0.3) is 0 Å². The molecule has 0 heterocycles. The maximum atomic E-state index is 11.7. The summed E-state index contributed by atoms with van der Waals surface area (Å²) in [6.07, 6.45) is 0.511. The molecule has 0 spiro atoms. The van der Waals surface area contributed by atoms with Crippen molar-refractivity contribution in [2.45, 2.75) is 19.1 Å². The van der Waals surface area contributed by atoms with Gasteiger partial charge in [-0.3, -0.25) is 4.79 Å². The highest BCUT2D eigenvalue weighted by atomic mass is 16.5. The SMILES string of the molecule is NC1CC1(CO)C(=O)OCc1ccccc1. The Morgan fingerprint density at radius 1 is 1.50 bits per heavy atom. The minimum absolute atomic E-state index is 0.230. The fourth-order valence-electron chi connectivity index (χ4n) is 1.68. The van der Waals surface area contributed by atoms with Gasteiger partial charge in [0.1, 0.15) is 12.0 Å². The van der Waals surface area contributed by atoms with Gasteiger partial charge in [0.15, 0.2) is 0 Å². The number of rotatable bonds is 4. The van der Waals surface area contributed by atoms with Crippen LogP contribution in [0.2, 0.25) is 0 Å². The first-order chi connectivity index (χ1) is 7.69. The van der Waals surface area contributed by atoms with Crippen molar-refractivity contribution in [3.63, 3.8) is 0 Å². The fraction of sp³-hybridized carbons (Fsp3) is 0.417. The molecule has 4 heteroatoms. The van der Waals surface area contributed by atoms with E-state index in [1.807, 2.05) is 30.3 Å². The third-order valence-corrected chi connectivity index (χ3v) is 3.04. The maximum absolute atomic E-state index is 11.7. The molecule has 2 atom stereocenters. The summed E-state index contributed by atoms with van der Waals surface area (Å²) in [4.78, 5) is 11.7. The van der Waals surface area contributed by atoms with E-state index in [-0.39, 0.29) is 19.3 Å². The average Bonchev–Trinajstić information content (AvgIpc) is 3.00.